The molecule has 1 saturated carbocycles. The van der Waals surface area contributed by atoms with Crippen molar-refractivity contribution in [1.82, 2.24) is 15.3 Å². The molecule has 4 rings (SSSR count). The van der Waals surface area contributed by atoms with E-state index in [2.05, 4.69) is 20.6 Å². The fourth-order valence-corrected chi connectivity index (χ4v) is 4.61. The molecule has 11 heteroatoms. The van der Waals surface area contributed by atoms with Gasteiger partial charge in [0, 0.05) is 28.9 Å². The summed E-state index contributed by atoms with van der Waals surface area (Å²) in [6.45, 7) is -0.120. The molecule has 0 unspecified atom stereocenters. The Morgan fingerprint density at radius 1 is 1.26 bits per heavy atom. The van der Waals surface area contributed by atoms with E-state index in [9.17, 15) is 17.6 Å². The van der Waals surface area contributed by atoms with E-state index in [0.29, 0.717) is 15.8 Å². The topological polar surface area (TPSA) is 104 Å². The Bertz CT molecular complexity index is 1200. The molecule has 8 nitrogen and oxygen atoms in total. The maximum absolute atomic E-state index is 14.6. The summed E-state index contributed by atoms with van der Waals surface area (Å²) in [5, 5.41) is 6.38. The van der Waals surface area contributed by atoms with Crippen LogP contribution >= 0.6 is 11.3 Å². The SMILES string of the molecule is CS(=O)(=O)N(Cc1cnc(Nc2ccccn2)s1)c1cc(C(=O)NC2CC2)ccc1F. The van der Waals surface area contributed by atoms with E-state index in [1.54, 1.807) is 18.3 Å². The molecule has 0 radical (unpaired) electrons. The van der Waals surface area contributed by atoms with Gasteiger partial charge in [0.15, 0.2) is 5.13 Å². The number of aromatic nitrogens is 2. The first-order chi connectivity index (χ1) is 14.8. The minimum atomic E-state index is -3.83. The van der Waals surface area contributed by atoms with Gasteiger partial charge in [-0.15, -0.1) is 0 Å². The van der Waals surface area contributed by atoms with Gasteiger partial charge in [0.25, 0.3) is 5.91 Å². The van der Waals surface area contributed by atoms with Crippen LogP contribution in [0, 0.1) is 5.82 Å². The second kappa shape index (κ2) is 8.60. The van der Waals surface area contributed by atoms with Crippen LogP contribution in [0.2, 0.25) is 0 Å². The molecular formula is C20H20FN5O3S2. The fraction of sp³-hybridized carbons (Fsp3) is 0.250. The highest BCUT2D eigenvalue weighted by atomic mass is 32.2. The summed E-state index contributed by atoms with van der Waals surface area (Å²) in [5.41, 5.74) is 0.0253. The van der Waals surface area contributed by atoms with E-state index in [0.717, 1.165) is 29.5 Å². The first kappa shape index (κ1) is 21.2. The molecule has 2 heterocycles. The molecular weight excluding hydrogens is 441 g/mol. The van der Waals surface area contributed by atoms with Gasteiger partial charge in [-0.2, -0.15) is 0 Å². The molecule has 162 valence electrons. The smallest absolute Gasteiger partial charge is 0.251 e. The number of pyridine rings is 1. The summed E-state index contributed by atoms with van der Waals surface area (Å²) >= 11 is 1.23. The van der Waals surface area contributed by atoms with E-state index in [1.165, 1.54) is 29.7 Å². The molecule has 0 atom stereocenters. The maximum Gasteiger partial charge on any atom is 0.251 e. The third kappa shape index (κ3) is 5.36. The highest BCUT2D eigenvalue weighted by Crippen LogP contribution is 2.29. The number of halogens is 1. The van der Waals surface area contributed by atoms with E-state index >= 15 is 0 Å². The zero-order valence-corrected chi connectivity index (χ0v) is 18.2. The third-order valence-corrected chi connectivity index (χ3v) is 6.57. The van der Waals surface area contributed by atoms with Gasteiger partial charge in [-0.25, -0.2) is 22.8 Å². The van der Waals surface area contributed by atoms with Crippen molar-refractivity contribution in [3.8, 4) is 0 Å². The van der Waals surface area contributed by atoms with Gasteiger partial charge in [-0.1, -0.05) is 17.4 Å². The first-order valence-electron chi connectivity index (χ1n) is 9.50. The normalized spacial score (nSPS) is 13.6. The van der Waals surface area contributed by atoms with E-state index < -0.39 is 15.8 Å². The lowest BCUT2D eigenvalue weighted by atomic mass is 10.1. The zero-order valence-electron chi connectivity index (χ0n) is 16.6. The molecule has 31 heavy (non-hydrogen) atoms. The Labute approximate surface area is 183 Å². The highest BCUT2D eigenvalue weighted by molar-refractivity contribution is 7.92. The number of nitrogens with one attached hydrogen (secondary N) is 2. The molecule has 1 aliphatic carbocycles. The number of hydrogen-bond donors (Lipinski definition) is 2. The number of sulfonamides is 1. The molecule has 0 saturated heterocycles. The number of carbonyl (C=O) groups excluding carboxylic acids is 1. The van der Waals surface area contributed by atoms with Crippen molar-refractivity contribution in [3.63, 3.8) is 0 Å². The second-order valence-corrected chi connectivity index (χ2v) is 10.2. The highest BCUT2D eigenvalue weighted by Gasteiger charge is 2.26. The maximum atomic E-state index is 14.6. The molecule has 0 aliphatic heterocycles. The van der Waals surface area contributed by atoms with Crippen LogP contribution in [0.4, 0.5) is 21.0 Å². The van der Waals surface area contributed by atoms with Crippen molar-refractivity contribution in [3.05, 3.63) is 65.0 Å². The predicted octanol–water partition coefficient (Wildman–Crippen LogP) is 3.28. The van der Waals surface area contributed by atoms with Crippen LogP contribution in [-0.2, 0) is 16.6 Å². The minimum Gasteiger partial charge on any atom is -0.349 e. The van der Waals surface area contributed by atoms with Crippen LogP contribution in [0.3, 0.4) is 0 Å². The molecule has 1 aromatic carbocycles. The van der Waals surface area contributed by atoms with E-state index in [-0.39, 0.29) is 29.7 Å². The lowest BCUT2D eigenvalue weighted by molar-refractivity contribution is 0.0951. The van der Waals surface area contributed by atoms with Crippen LogP contribution in [0.1, 0.15) is 28.1 Å². The zero-order chi connectivity index (χ0) is 22.0. The minimum absolute atomic E-state index is 0.120. The summed E-state index contributed by atoms with van der Waals surface area (Å²) in [5.74, 6) is -0.481. The summed E-state index contributed by atoms with van der Waals surface area (Å²) in [7, 11) is -3.83. The van der Waals surface area contributed by atoms with Gasteiger partial charge in [-0.05, 0) is 43.2 Å². The standard InChI is InChI=1S/C20H20FN5O3S2/c1-31(28,29)26(12-15-11-23-20(30-15)25-18-4-2-3-9-22-18)17-10-13(5-8-16(17)21)19(27)24-14-6-7-14/h2-5,8-11,14H,6-7,12H2,1H3,(H,24,27)(H,22,23,25). The average Bonchev–Trinajstić information content (AvgIpc) is 3.43. The quantitative estimate of drug-likeness (QED) is 0.534. The van der Waals surface area contributed by atoms with Crippen molar-refractivity contribution in [2.24, 2.45) is 0 Å². The fourth-order valence-electron chi connectivity index (χ4n) is 2.85. The predicted molar refractivity (Wildman–Crippen MR) is 118 cm³/mol. The van der Waals surface area contributed by atoms with Gasteiger partial charge >= 0.3 is 0 Å². The summed E-state index contributed by atoms with van der Waals surface area (Å²) in [6.07, 6.45) is 5.98. The van der Waals surface area contributed by atoms with Crippen LogP contribution in [0.25, 0.3) is 0 Å². The number of amides is 1. The molecule has 0 bridgehead atoms. The summed E-state index contributed by atoms with van der Waals surface area (Å²) in [6, 6.07) is 9.24. The summed E-state index contributed by atoms with van der Waals surface area (Å²) in [4.78, 5) is 21.3. The monoisotopic (exact) mass is 461 g/mol. The Kier molecular flexibility index (Phi) is 5.88. The molecule has 2 aromatic heterocycles. The van der Waals surface area contributed by atoms with Gasteiger partial charge in [0.1, 0.15) is 11.6 Å². The Hall–Kier alpha value is -3.05. The lowest BCUT2D eigenvalue weighted by Gasteiger charge is -2.22. The summed E-state index contributed by atoms with van der Waals surface area (Å²) < 4.78 is 40.5. The van der Waals surface area contributed by atoms with Crippen molar-refractivity contribution < 1.29 is 17.6 Å². The van der Waals surface area contributed by atoms with Crippen LogP contribution in [0.5, 0.6) is 0 Å². The van der Waals surface area contributed by atoms with Gasteiger partial charge in [0.2, 0.25) is 10.0 Å². The van der Waals surface area contributed by atoms with E-state index in [1.807, 2.05) is 6.07 Å². The van der Waals surface area contributed by atoms with Crippen molar-refractivity contribution in [1.29, 1.82) is 0 Å². The van der Waals surface area contributed by atoms with Gasteiger partial charge in [-0.3, -0.25) is 9.10 Å². The number of anilines is 3. The Balaban J connectivity index is 1.58. The van der Waals surface area contributed by atoms with Crippen molar-refractivity contribution >= 4 is 43.9 Å². The van der Waals surface area contributed by atoms with Gasteiger partial charge in [0.05, 0.1) is 18.5 Å². The third-order valence-electron chi connectivity index (χ3n) is 4.54. The second-order valence-electron chi connectivity index (χ2n) is 7.16. The molecule has 2 N–H and O–H groups in total. The Morgan fingerprint density at radius 2 is 2.06 bits per heavy atom. The largest absolute Gasteiger partial charge is 0.349 e. The first-order valence-corrected chi connectivity index (χ1v) is 12.2. The Morgan fingerprint density at radius 3 is 2.74 bits per heavy atom. The lowest BCUT2D eigenvalue weighted by Crippen LogP contribution is -2.31. The van der Waals surface area contributed by atoms with Crippen molar-refractivity contribution in [2.45, 2.75) is 25.4 Å². The number of thiazole rings is 1. The average molecular weight is 462 g/mol. The van der Waals surface area contributed by atoms with Crippen LogP contribution in [0.15, 0.2) is 48.8 Å². The number of hydrogen-bond acceptors (Lipinski definition) is 7. The van der Waals surface area contributed by atoms with Crippen LogP contribution in [-0.4, -0.2) is 36.6 Å². The molecule has 3 aromatic rings. The van der Waals surface area contributed by atoms with Crippen LogP contribution < -0.4 is 14.9 Å². The molecule has 1 aliphatic rings. The van der Waals surface area contributed by atoms with Gasteiger partial charge < -0.3 is 10.6 Å². The molecule has 0 spiro atoms. The number of benzene rings is 1. The number of nitrogens with zero attached hydrogens (tertiary/aromatic N) is 3. The molecule has 1 fully saturated rings. The molecule has 1 amide bonds. The van der Waals surface area contributed by atoms with E-state index in [4.69, 9.17) is 0 Å². The number of rotatable bonds is 8. The van der Waals surface area contributed by atoms with Crippen molar-refractivity contribution in [2.75, 3.05) is 15.9 Å². The number of carbonyl (C=O) groups is 1.